The standard InChI is InChI=1S/C16H18ClN3O/c17-14-5-3-13(4-6-14)16(21,9-20-11-18-10-19-20)15(7-8-15)12-1-2-12/h3-6,10-12,21H,1-2,7-9H2. The van der Waals surface area contributed by atoms with Crippen LogP contribution in [-0.2, 0) is 12.1 Å². The Morgan fingerprint density at radius 2 is 2.00 bits per heavy atom. The van der Waals surface area contributed by atoms with E-state index < -0.39 is 5.60 Å². The summed E-state index contributed by atoms with van der Waals surface area (Å²) in [5, 5.41) is 16.5. The van der Waals surface area contributed by atoms with E-state index in [9.17, 15) is 5.11 Å². The highest BCUT2D eigenvalue weighted by Crippen LogP contribution is 2.69. The van der Waals surface area contributed by atoms with Crippen LogP contribution in [0.3, 0.4) is 0 Å². The molecule has 2 aliphatic carbocycles. The summed E-state index contributed by atoms with van der Waals surface area (Å²) in [4.78, 5) is 4.00. The highest BCUT2D eigenvalue weighted by molar-refractivity contribution is 6.30. The van der Waals surface area contributed by atoms with Crippen LogP contribution in [0, 0.1) is 11.3 Å². The molecule has 2 saturated carbocycles. The van der Waals surface area contributed by atoms with Gasteiger partial charge in [0.25, 0.3) is 0 Å². The molecule has 0 radical (unpaired) electrons. The van der Waals surface area contributed by atoms with Gasteiger partial charge in [0, 0.05) is 10.4 Å². The van der Waals surface area contributed by atoms with Gasteiger partial charge in [0.1, 0.15) is 18.3 Å². The molecule has 0 saturated heterocycles. The molecule has 1 N–H and O–H groups in total. The first-order valence-electron chi connectivity index (χ1n) is 7.45. The number of benzene rings is 1. The van der Waals surface area contributed by atoms with Crippen LogP contribution in [0.4, 0.5) is 0 Å². The van der Waals surface area contributed by atoms with Gasteiger partial charge in [-0.25, -0.2) is 9.67 Å². The Balaban J connectivity index is 1.76. The molecule has 0 bridgehead atoms. The maximum Gasteiger partial charge on any atom is 0.137 e. The van der Waals surface area contributed by atoms with Crippen LogP contribution in [0.25, 0.3) is 0 Å². The quantitative estimate of drug-likeness (QED) is 0.924. The second-order valence-electron chi connectivity index (χ2n) is 6.39. The van der Waals surface area contributed by atoms with Crippen LogP contribution in [0.1, 0.15) is 31.2 Å². The number of hydrogen-bond donors (Lipinski definition) is 1. The van der Waals surface area contributed by atoms with Crippen molar-refractivity contribution in [2.24, 2.45) is 11.3 Å². The monoisotopic (exact) mass is 303 g/mol. The maximum atomic E-state index is 11.6. The molecule has 1 aromatic carbocycles. The fraction of sp³-hybridized carbons (Fsp3) is 0.500. The Morgan fingerprint density at radius 3 is 2.52 bits per heavy atom. The second kappa shape index (κ2) is 4.55. The van der Waals surface area contributed by atoms with Crippen LogP contribution >= 0.6 is 11.6 Å². The molecule has 0 amide bonds. The van der Waals surface area contributed by atoms with Crippen molar-refractivity contribution in [2.45, 2.75) is 37.8 Å². The van der Waals surface area contributed by atoms with Gasteiger partial charge in [0.05, 0.1) is 6.54 Å². The summed E-state index contributed by atoms with van der Waals surface area (Å²) >= 11 is 6.00. The molecule has 2 aliphatic rings. The van der Waals surface area contributed by atoms with E-state index in [2.05, 4.69) is 10.1 Å². The normalized spacial score (nSPS) is 22.8. The van der Waals surface area contributed by atoms with Crippen LogP contribution in [-0.4, -0.2) is 19.9 Å². The predicted molar refractivity (Wildman–Crippen MR) is 79.8 cm³/mol. The van der Waals surface area contributed by atoms with Gasteiger partial charge in [-0.2, -0.15) is 5.10 Å². The van der Waals surface area contributed by atoms with Crippen LogP contribution in [0.15, 0.2) is 36.9 Å². The highest BCUT2D eigenvalue weighted by atomic mass is 35.5. The molecule has 1 atom stereocenters. The number of aliphatic hydroxyl groups is 1. The highest BCUT2D eigenvalue weighted by Gasteiger charge is 2.66. The smallest absolute Gasteiger partial charge is 0.137 e. The largest absolute Gasteiger partial charge is 0.383 e. The first-order chi connectivity index (χ1) is 10.1. The van der Waals surface area contributed by atoms with Crippen LogP contribution in [0.5, 0.6) is 0 Å². The molecular weight excluding hydrogens is 286 g/mol. The zero-order valence-electron chi connectivity index (χ0n) is 11.7. The first kappa shape index (κ1) is 13.3. The van der Waals surface area contributed by atoms with Gasteiger partial charge in [-0.15, -0.1) is 0 Å². The molecule has 110 valence electrons. The van der Waals surface area contributed by atoms with Gasteiger partial charge in [-0.1, -0.05) is 23.7 Å². The maximum absolute atomic E-state index is 11.6. The molecule has 0 spiro atoms. The van der Waals surface area contributed by atoms with Gasteiger partial charge in [-0.05, 0) is 49.3 Å². The van der Waals surface area contributed by atoms with E-state index >= 15 is 0 Å². The molecule has 2 fully saturated rings. The Kier molecular flexibility index (Phi) is 2.88. The topological polar surface area (TPSA) is 50.9 Å². The van der Waals surface area contributed by atoms with E-state index in [1.807, 2.05) is 24.3 Å². The molecule has 4 nitrogen and oxygen atoms in total. The van der Waals surface area contributed by atoms with E-state index in [1.54, 1.807) is 11.0 Å². The lowest BCUT2D eigenvalue weighted by molar-refractivity contribution is -0.0666. The Hall–Kier alpha value is -1.39. The van der Waals surface area contributed by atoms with Crippen LogP contribution < -0.4 is 0 Å². The average Bonchev–Trinajstić information content (AvgIpc) is 3.37. The first-order valence-corrected chi connectivity index (χ1v) is 7.83. The van der Waals surface area contributed by atoms with Crippen molar-refractivity contribution in [1.82, 2.24) is 14.8 Å². The summed E-state index contributed by atoms with van der Waals surface area (Å²) in [5.41, 5.74) is 0.0472. The summed E-state index contributed by atoms with van der Waals surface area (Å²) in [6.07, 6.45) is 7.82. The number of hydrogen-bond acceptors (Lipinski definition) is 3. The lowest BCUT2D eigenvalue weighted by Crippen LogP contribution is -2.42. The minimum Gasteiger partial charge on any atom is -0.383 e. The van der Waals surface area contributed by atoms with Crippen molar-refractivity contribution in [3.8, 4) is 0 Å². The number of nitrogens with zero attached hydrogens (tertiary/aromatic N) is 3. The van der Waals surface area contributed by atoms with Gasteiger partial charge in [0.2, 0.25) is 0 Å². The van der Waals surface area contributed by atoms with Gasteiger partial charge in [0.15, 0.2) is 0 Å². The molecule has 0 aliphatic heterocycles. The lowest BCUT2D eigenvalue weighted by atomic mass is 9.75. The molecule has 21 heavy (non-hydrogen) atoms. The van der Waals surface area contributed by atoms with E-state index in [-0.39, 0.29) is 5.41 Å². The van der Waals surface area contributed by atoms with Gasteiger partial charge in [-0.3, -0.25) is 0 Å². The molecule has 1 aromatic heterocycles. The summed E-state index contributed by atoms with van der Waals surface area (Å²) < 4.78 is 1.73. The molecule has 2 aromatic rings. The molecular formula is C16H18ClN3O. The molecule has 5 heteroatoms. The number of rotatable bonds is 5. The van der Waals surface area contributed by atoms with Crippen molar-refractivity contribution in [1.29, 1.82) is 0 Å². The van der Waals surface area contributed by atoms with Crippen molar-refractivity contribution in [2.75, 3.05) is 0 Å². The van der Waals surface area contributed by atoms with E-state index in [1.165, 1.54) is 19.2 Å². The lowest BCUT2D eigenvalue weighted by Gasteiger charge is -2.37. The summed E-state index contributed by atoms with van der Waals surface area (Å²) in [6.45, 7) is 0.450. The fourth-order valence-corrected chi connectivity index (χ4v) is 3.87. The Morgan fingerprint density at radius 1 is 1.29 bits per heavy atom. The van der Waals surface area contributed by atoms with Gasteiger partial charge >= 0.3 is 0 Å². The van der Waals surface area contributed by atoms with Crippen molar-refractivity contribution in [3.05, 3.63) is 47.5 Å². The average molecular weight is 304 g/mol. The third-order valence-electron chi connectivity index (χ3n) is 5.15. The Bertz CT molecular complexity index is 632. The molecule has 4 rings (SSSR count). The third kappa shape index (κ3) is 2.09. The van der Waals surface area contributed by atoms with E-state index in [0.29, 0.717) is 17.5 Å². The minimum atomic E-state index is -0.896. The summed E-state index contributed by atoms with van der Waals surface area (Å²) in [5.74, 6) is 0.640. The number of halogens is 1. The SMILES string of the molecule is OC(Cn1cncn1)(c1ccc(Cl)cc1)C1(C2CC2)CC1. The molecule has 1 heterocycles. The summed E-state index contributed by atoms with van der Waals surface area (Å²) in [7, 11) is 0. The van der Waals surface area contributed by atoms with Crippen molar-refractivity contribution < 1.29 is 5.11 Å². The number of aromatic nitrogens is 3. The Labute approximate surface area is 128 Å². The minimum absolute atomic E-state index is 0.00673. The third-order valence-corrected chi connectivity index (χ3v) is 5.40. The summed E-state index contributed by atoms with van der Waals surface area (Å²) in [6, 6.07) is 7.60. The zero-order valence-corrected chi connectivity index (χ0v) is 12.5. The van der Waals surface area contributed by atoms with Gasteiger partial charge < -0.3 is 5.11 Å². The van der Waals surface area contributed by atoms with Crippen LogP contribution in [0.2, 0.25) is 5.02 Å². The molecule has 1 unspecified atom stereocenters. The van der Waals surface area contributed by atoms with Crippen molar-refractivity contribution in [3.63, 3.8) is 0 Å². The van der Waals surface area contributed by atoms with E-state index in [0.717, 1.165) is 18.4 Å². The second-order valence-corrected chi connectivity index (χ2v) is 6.83. The zero-order chi connectivity index (χ0) is 14.5. The predicted octanol–water partition coefficient (Wildman–Crippen LogP) is 3.01. The van der Waals surface area contributed by atoms with E-state index in [4.69, 9.17) is 11.6 Å². The van der Waals surface area contributed by atoms with Crippen molar-refractivity contribution >= 4 is 11.6 Å². The fourth-order valence-electron chi connectivity index (χ4n) is 3.74.